The molecule has 0 amide bonds. The van der Waals surface area contributed by atoms with Crippen molar-refractivity contribution >= 4 is 5.78 Å². The summed E-state index contributed by atoms with van der Waals surface area (Å²) < 4.78 is 117. The molecule has 0 aliphatic rings. The zero-order valence-corrected chi connectivity index (χ0v) is 7.19. The van der Waals surface area contributed by atoms with Crippen LogP contribution in [0.4, 0.5) is 43.9 Å². The maximum atomic E-state index is 12.2. The Labute approximate surface area is 85.7 Å². The highest BCUT2D eigenvalue weighted by atomic mass is 19.4. The molecule has 0 spiro atoms. The fraction of sp³-hybridized carbons (Fsp3) is 0.500. The van der Waals surface area contributed by atoms with E-state index in [1.807, 2.05) is 0 Å². The fourth-order valence-corrected chi connectivity index (χ4v) is 0.491. The molecule has 0 aromatic carbocycles. The Morgan fingerprint density at radius 3 is 1.35 bits per heavy atom. The van der Waals surface area contributed by atoms with Crippen LogP contribution in [0.5, 0.6) is 0 Å². The molecule has 0 bridgehead atoms. The maximum Gasteiger partial charge on any atom is 0.461 e. The van der Waals surface area contributed by atoms with Crippen molar-refractivity contribution in [1.82, 2.24) is 0 Å². The minimum atomic E-state index is -6.63. The van der Waals surface area contributed by atoms with Gasteiger partial charge in [-0.25, -0.2) is 0 Å². The van der Waals surface area contributed by atoms with Crippen molar-refractivity contribution in [1.29, 1.82) is 0 Å². The Morgan fingerprint density at radius 2 is 1.12 bits per heavy atom. The SMILES string of the molecule is O=C(/C(F)=C(\F)C(F)(F)F)C(F)(F)C(F)(F)F. The molecule has 0 unspecified atom stereocenters. The summed E-state index contributed by atoms with van der Waals surface area (Å²) in [6.45, 7) is 0. The van der Waals surface area contributed by atoms with E-state index in [0.717, 1.165) is 0 Å². The first-order valence-electron chi connectivity index (χ1n) is 3.34. The first kappa shape index (κ1) is 15.7. The van der Waals surface area contributed by atoms with Gasteiger partial charge in [0.15, 0.2) is 0 Å². The lowest BCUT2D eigenvalue weighted by molar-refractivity contribution is -0.267. The number of Topliss-reactive ketones (excluding diaryl/α,β-unsaturated/α-hetero) is 1. The molecule has 0 saturated carbocycles. The van der Waals surface area contributed by atoms with Crippen LogP contribution in [-0.4, -0.2) is 24.1 Å². The van der Waals surface area contributed by atoms with Gasteiger partial charge in [0.25, 0.3) is 5.78 Å². The van der Waals surface area contributed by atoms with Crippen LogP contribution >= 0.6 is 0 Å². The third-order valence-corrected chi connectivity index (χ3v) is 1.28. The number of hydrogen-bond acceptors (Lipinski definition) is 1. The number of carbonyl (C=O) groups is 1. The zero-order chi connectivity index (χ0) is 14.2. The molecule has 100 valence electrons. The van der Waals surface area contributed by atoms with Crippen molar-refractivity contribution < 1.29 is 48.7 Å². The Kier molecular flexibility index (Phi) is 3.87. The molecule has 11 heteroatoms. The van der Waals surface area contributed by atoms with Crippen LogP contribution < -0.4 is 0 Å². The lowest BCUT2D eigenvalue weighted by Crippen LogP contribution is -2.44. The molecular formula is C6F10O. The predicted molar refractivity (Wildman–Crippen MR) is 31.3 cm³/mol. The first-order valence-corrected chi connectivity index (χ1v) is 3.34. The van der Waals surface area contributed by atoms with Crippen molar-refractivity contribution in [3.8, 4) is 0 Å². The Morgan fingerprint density at radius 1 is 0.765 bits per heavy atom. The monoisotopic (exact) mass is 278 g/mol. The summed E-state index contributed by atoms with van der Waals surface area (Å²) >= 11 is 0. The fourth-order valence-electron chi connectivity index (χ4n) is 0.491. The third kappa shape index (κ3) is 3.09. The van der Waals surface area contributed by atoms with Crippen LogP contribution in [0.15, 0.2) is 11.7 Å². The van der Waals surface area contributed by atoms with Crippen LogP contribution in [0.25, 0.3) is 0 Å². The predicted octanol–water partition coefficient (Wildman–Crippen LogP) is 3.47. The lowest BCUT2D eigenvalue weighted by Gasteiger charge is -2.17. The summed E-state index contributed by atoms with van der Waals surface area (Å²) in [5, 5.41) is 0. The van der Waals surface area contributed by atoms with Gasteiger partial charge < -0.3 is 0 Å². The molecule has 0 saturated heterocycles. The van der Waals surface area contributed by atoms with E-state index in [4.69, 9.17) is 0 Å². The van der Waals surface area contributed by atoms with E-state index >= 15 is 0 Å². The topological polar surface area (TPSA) is 17.1 Å². The van der Waals surface area contributed by atoms with Crippen LogP contribution in [0.1, 0.15) is 0 Å². The number of allylic oxidation sites excluding steroid dienone is 2. The van der Waals surface area contributed by atoms with Crippen molar-refractivity contribution in [2.45, 2.75) is 18.3 Å². The van der Waals surface area contributed by atoms with E-state index in [1.165, 1.54) is 0 Å². The quantitative estimate of drug-likeness (QED) is 0.558. The number of alkyl halides is 8. The van der Waals surface area contributed by atoms with E-state index in [0.29, 0.717) is 0 Å². The van der Waals surface area contributed by atoms with E-state index in [-0.39, 0.29) is 0 Å². The lowest BCUT2D eigenvalue weighted by atomic mass is 10.1. The van der Waals surface area contributed by atoms with Crippen molar-refractivity contribution in [2.24, 2.45) is 0 Å². The van der Waals surface area contributed by atoms with Gasteiger partial charge >= 0.3 is 18.3 Å². The second kappa shape index (κ2) is 4.18. The van der Waals surface area contributed by atoms with E-state index in [2.05, 4.69) is 0 Å². The van der Waals surface area contributed by atoms with Crippen LogP contribution in [0.2, 0.25) is 0 Å². The molecule has 0 radical (unpaired) electrons. The number of rotatable bonds is 2. The third-order valence-electron chi connectivity index (χ3n) is 1.28. The average Bonchev–Trinajstić information content (AvgIpc) is 2.10. The average molecular weight is 278 g/mol. The number of carbonyl (C=O) groups excluding carboxylic acids is 1. The highest BCUT2D eigenvalue weighted by Crippen LogP contribution is 2.40. The minimum absolute atomic E-state index is 3.83. The largest absolute Gasteiger partial charge is 0.461 e. The molecule has 0 heterocycles. The Hall–Kier alpha value is -1.29. The first-order chi connectivity index (χ1) is 7.23. The molecule has 0 aromatic heterocycles. The van der Waals surface area contributed by atoms with E-state index in [1.54, 1.807) is 0 Å². The molecule has 1 nitrogen and oxygen atoms in total. The highest BCUT2D eigenvalue weighted by molar-refractivity contribution is 5.99. The molecule has 17 heavy (non-hydrogen) atoms. The van der Waals surface area contributed by atoms with Gasteiger partial charge in [-0.3, -0.25) is 4.79 Å². The van der Waals surface area contributed by atoms with Crippen LogP contribution in [-0.2, 0) is 4.79 Å². The van der Waals surface area contributed by atoms with Gasteiger partial charge in [-0.15, -0.1) is 0 Å². The standard InChI is InChI=1S/C6F10O/c7-1(2(8)5(11,12)13)3(17)4(9,10)6(14,15)16/b2-1+. The Balaban J connectivity index is 5.51. The summed E-state index contributed by atoms with van der Waals surface area (Å²) in [5.41, 5.74) is 0. The second-order valence-corrected chi connectivity index (χ2v) is 2.53. The number of halogens is 10. The molecule has 0 rings (SSSR count). The number of ketones is 1. The summed E-state index contributed by atoms with van der Waals surface area (Å²) in [7, 11) is 0. The molecule has 0 fully saturated rings. The number of hydrogen-bond donors (Lipinski definition) is 0. The molecule has 0 aliphatic heterocycles. The van der Waals surface area contributed by atoms with Gasteiger partial charge in [0.2, 0.25) is 11.7 Å². The summed E-state index contributed by atoms with van der Waals surface area (Å²) in [5.74, 6) is -18.2. The summed E-state index contributed by atoms with van der Waals surface area (Å²) in [6.07, 6.45) is -12.8. The van der Waals surface area contributed by atoms with Gasteiger partial charge in [-0.2, -0.15) is 43.9 Å². The summed E-state index contributed by atoms with van der Waals surface area (Å²) in [4.78, 5) is 10.1. The van der Waals surface area contributed by atoms with Gasteiger partial charge in [0.05, 0.1) is 0 Å². The molecule has 0 atom stereocenters. The van der Waals surface area contributed by atoms with Gasteiger partial charge in [-0.05, 0) is 0 Å². The minimum Gasteiger partial charge on any atom is -0.284 e. The van der Waals surface area contributed by atoms with Crippen molar-refractivity contribution in [2.75, 3.05) is 0 Å². The summed E-state index contributed by atoms with van der Waals surface area (Å²) in [6, 6.07) is 0. The highest BCUT2D eigenvalue weighted by Gasteiger charge is 2.65. The Bertz CT molecular complexity index is 345. The smallest absolute Gasteiger partial charge is 0.284 e. The van der Waals surface area contributed by atoms with E-state index < -0.39 is 35.7 Å². The van der Waals surface area contributed by atoms with Gasteiger partial charge in [0, 0.05) is 0 Å². The van der Waals surface area contributed by atoms with Gasteiger partial charge in [0.1, 0.15) is 0 Å². The second-order valence-electron chi connectivity index (χ2n) is 2.53. The van der Waals surface area contributed by atoms with Crippen molar-refractivity contribution in [3.05, 3.63) is 11.7 Å². The van der Waals surface area contributed by atoms with Crippen molar-refractivity contribution in [3.63, 3.8) is 0 Å². The van der Waals surface area contributed by atoms with E-state index in [9.17, 15) is 48.7 Å². The maximum absolute atomic E-state index is 12.2. The molecule has 0 aliphatic carbocycles. The molecular weight excluding hydrogens is 278 g/mol. The zero-order valence-electron chi connectivity index (χ0n) is 7.19. The normalized spacial score (nSPS) is 15.6. The molecule has 0 aromatic rings. The molecule has 0 N–H and O–H groups in total. The van der Waals surface area contributed by atoms with Crippen LogP contribution in [0, 0.1) is 0 Å². The van der Waals surface area contributed by atoms with Gasteiger partial charge in [-0.1, -0.05) is 0 Å². The van der Waals surface area contributed by atoms with Crippen LogP contribution in [0.3, 0.4) is 0 Å².